The Morgan fingerprint density at radius 2 is 1.75 bits per heavy atom. The normalized spacial score (nSPS) is 15.6. The van der Waals surface area contributed by atoms with Gasteiger partial charge < -0.3 is 17.1 Å². The van der Waals surface area contributed by atoms with Gasteiger partial charge in [0.25, 0.3) is 0 Å². The molecular formula is C13H29N2U-. The maximum absolute atomic E-state index is 3.80. The van der Waals surface area contributed by atoms with E-state index < -0.39 is 0 Å². The summed E-state index contributed by atoms with van der Waals surface area (Å²) in [6.45, 7) is 11.2. The largest absolute Gasteiger partial charge is 0.342 e. The van der Waals surface area contributed by atoms with Gasteiger partial charge in [-0.3, -0.25) is 0 Å². The molecule has 96 valence electrons. The van der Waals surface area contributed by atoms with E-state index in [-0.39, 0.29) is 31.1 Å². The Morgan fingerprint density at radius 1 is 1.19 bits per heavy atom. The van der Waals surface area contributed by atoms with Crippen molar-refractivity contribution in [3.63, 3.8) is 0 Å². The van der Waals surface area contributed by atoms with Gasteiger partial charge in [0.05, 0.1) is 0 Å². The van der Waals surface area contributed by atoms with Crippen molar-refractivity contribution in [1.29, 1.82) is 0 Å². The first kappa shape index (κ1) is 19.3. The molecular weight excluding hydrogens is 422 g/mol. The zero-order valence-corrected chi connectivity index (χ0v) is 15.6. The molecule has 1 saturated carbocycles. The maximum atomic E-state index is 3.80. The van der Waals surface area contributed by atoms with Gasteiger partial charge in [-0.05, 0) is 26.4 Å². The minimum Gasteiger partial charge on any atom is -0.342 e. The van der Waals surface area contributed by atoms with Crippen molar-refractivity contribution < 1.29 is 31.1 Å². The first-order valence-corrected chi connectivity index (χ1v) is 6.55. The molecule has 0 bridgehead atoms. The number of nitrogens with one attached hydrogen (secondary N) is 1. The number of nitrogens with zero attached hydrogens (tertiary/aromatic N) is 1. The van der Waals surface area contributed by atoms with E-state index >= 15 is 0 Å². The molecule has 0 spiro atoms. The Balaban J connectivity index is 0. The molecule has 0 aromatic carbocycles. The summed E-state index contributed by atoms with van der Waals surface area (Å²) >= 11 is 0. The Bertz CT molecular complexity index is 125. The van der Waals surface area contributed by atoms with Crippen molar-refractivity contribution >= 4 is 0 Å². The fraction of sp³-hybridized carbons (Fsp3) is 0.923. The van der Waals surface area contributed by atoms with E-state index in [1.807, 2.05) is 13.8 Å². The van der Waals surface area contributed by atoms with E-state index in [9.17, 15) is 0 Å². The zero-order valence-electron chi connectivity index (χ0n) is 11.4. The molecule has 3 heteroatoms. The van der Waals surface area contributed by atoms with Crippen LogP contribution in [0.5, 0.6) is 0 Å². The number of rotatable bonds is 6. The quantitative estimate of drug-likeness (QED) is 0.494. The number of hydrogen-bond acceptors (Lipinski definition) is 2. The van der Waals surface area contributed by atoms with Gasteiger partial charge in [0.1, 0.15) is 0 Å². The first-order valence-electron chi connectivity index (χ1n) is 6.55. The van der Waals surface area contributed by atoms with Crippen molar-refractivity contribution in [2.45, 2.75) is 52.0 Å². The van der Waals surface area contributed by atoms with Crippen molar-refractivity contribution in [3.8, 4) is 0 Å². The van der Waals surface area contributed by atoms with E-state index in [0.29, 0.717) is 0 Å². The van der Waals surface area contributed by atoms with Gasteiger partial charge in [0, 0.05) is 50.2 Å². The van der Waals surface area contributed by atoms with E-state index in [1.165, 1.54) is 32.2 Å². The summed E-state index contributed by atoms with van der Waals surface area (Å²) < 4.78 is 0. The van der Waals surface area contributed by atoms with Crippen LogP contribution in [-0.2, 0) is 0 Å². The topological polar surface area (TPSA) is 15.3 Å². The smallest absolute Gasteiger partial charge is 0.0107 e. The number of likely N-dealkylation sites (N-methyl/N-ethyl adjacent to an activating group) is 1. The van der Waals surface area contributed by atoms with Crippen LogP contribution in [0, 0.1) is 38.0 Å². The molecule has 0 atom stereocenters. The molecule has 0 amide bonds. The molecule has 0 radical (unpaired) electrons. The predicted molar refractivity (Wildman–Crippen MR) is 69.1 cm³/mol. The van der Waals surface area contributed by atoms with Crippen LogP contribution in [0.1, 0.15) is 46.0 Å². The second-order valence-corrected chi connectivity index (χ2v) is 4.02. The van der Waals surface area contributed by atoms with Crippen LogP contribution in [0.4, 0.5) is 0 Å². The predicted octanol–water partition coefficient (Wildman–Crippen LogP) is 2.70. The third kappa shape index (κ3) is 9.05. The van der Waals surface area contributed by atoms with Crippen LogP contribution < -0.4 is 5.32 Å². The summed E-state index contributed by atoms with van der Waals surface area (Å²) in [6.07, 6.45) is 6.67. The summed E-state index contributed by atoms with van der Waals surface area (Å²) in [5.41, 5.74) is 0. The minimum absolute atomic E-state index is 0. The van der Waals surface area contributed by atoms with Crippen LogP contribution in [0.15, 0.2) is 0 Å². The van der Waals surface area contributed by atoms with Gasteiger partial charge in [-0.15, -0.1) is 0 Å². The van der Waals surface area contributed by atoms with Gasteiger partial charge in [-0.25, -0.2) is 0 Å². The van der Waals surface area contributed by atoms with Gasteiger partial charge >= 0.3 is 0 Å². The molecule has 1 aliphatic carbocycles. The molecule has 0 aromatic heterocycles. The summed E-state index contributed by atoms with van der Waals surface area (Å²) in [5.74, 6) is 0. The van der Waals surface area contributed by atoms with Gasteiger partial charge in [-0.2, -0.15) is 6.42 Å². The molecule has 1 N–H and O–H groups in total. The second kappa shape index (κ2) is 14.0. The molecule has 1 aliphatic rings. The van der Waals surface area contributed by atoms with Crippen LogP contribution >= 0.6 is 0 Å². The third-order valence-electron chi connectivity index (χ3n) is 2.94. The SMILES string of the molecule is CC.[CH2-]CCNCCN(C)C1CCCC1.[U]. The zero-order chi connectivity index (χ0) is 11.5. The third-order valence-corrected chi connectivity index (χ3v) is 2.94. The Hall–Kier alpha value is 0.972. The average Bonchev–Trinajstić information content (AvgIpc) is 2.80. The summed E-state index contributed by atoms with van der Waals surface area (Å²) in [5, 5.41) is 3.39. The molecule has 16 heavy (non-hydrogen) atoms. The monoisotopic (exact) mass is 451 g/mol. The summed E-state index contributed by atoms with van der Waals surface area (Å²) in [4.78, 5) is 2.50. The fourth-order valence-electron chi connectivity index (χ4n) is 2.03. The first-order chi connectivity index (χ1) is 7.34. The van der Waals surface area contributed by atoms with E-state index in [2.05, 4.69) is 24.2 Å². The summed E-state index contributed by atoms with van der Waals surface area (Å²) in [6, 6.07) is 0.863. The molecule has 0 aromatic rings. The fourth-order valence-corrected chi connectivity index (χ4v) is 2.03. The van der Waals surface area contributed by atoms with Crippen LogP contribution in [-0.4, -0.2) is 37.6 Å². The molecule has 0 unspecified atom stereocenters. The molecule has 0 heterocycles. The van der Waals surface area contributed by atoms with Crippen molar-refractivity contribution in [2.75, 3.05) is 26.7 Å². The van der Waals surface area contributed by atoms with Crippen LogP contribution in [0.25, 0.3) is 0 Å². The van der Waals surface area contributed by atoms with Crippen molar-refractivity contribution in [3.05, 3.63) is 6.92 Å². The Morgan fingerprint density at radius 3 is 2.25 bits per heavy atom. The Kier molecular flexibility index (Phi) is 16.9. The average molecular weight is 451 g/mol. The molecule has 1 rings (SSSR count). The number of hydrogen-bond donors (Lipinski definition) is 1. The van der Waals surface area contributed by atoms with Crippen molar-refractivity contribution in [1.82, 2.24) is 10.2 Å². The summed E-state index contributed by atoms with van der Waals surface area (Å²) in [7, 11) is 2.25. The molecule has 0 saturated heterocycles. The van der Waals surface area contributed by atoms with Crippen LogP contribution in [0.2, 0.25) is 0 Å². The van der Waals surface area contributed by atoms with Gasteiger partial charge in [0.15, 0.2) is 0 Å². The molecule has 2 nitrogen and oxygen atoms in total. The van der Waals surface area contributed by atoms with E-state index in [4.69, 9.17) is 0 Å². The second-order valence-electron chi connectivity index (χ2n) is 4.02. The maximum Gasteiger partial charge on any atom is 0.0107 e. The standard InChI is InChI=1S/C11H23N2.C2H6.U/c1-3-8-12-9-10-13(2)11-6-4-5-7-11;1-2;/h11-12H,1,3-10H2,2H3;1-2H3;/q-1;;. The molecule has 0 aliphatic heterocycles. The molecule has 1 fully saturated rings. The van der Waals surface area contributed by atoms with Gasteiger partial charge in [0.2, 0.25) is 0 Å². The van der Waals surface area contributed by atoms with E-state index in [0.717, 1.165) is 25.6 Å². The van der Waals surface area contributed by atoms with Gasteiger partial charge in [-0.1, -0.05) is 26.7 Å². The van der Waals surface area contributed by atoms with Crippen LogP contribution in [0.3, 0.4) is 0 Å². The minimum atomic E-state index is 0. The van der Waals surface area contributed by atoms with E-state index in [1.54, 1.807) is 0 Å². The van der Waals surface area contributed by atoms with Crippen molar-refractivity contribution in [2.24, 2.45) is 0 Å². The Labute approximate surface area is 126 Å².